The lowest BCUT2D eigenvalue weighted by Crippen LogP contribution is -2.33. The molecule has 10 heteroatoms. The first-order chi connectivity index (χ1) is 13.2. The summed E-state index contributed by atoms with van der Waals surface area (Å²) in [6.45, 7) is 3.91. The Morgan fingerprint density at radius 1 is 0.643 bits per heavy atom. The van der Waals surface area contributed by atoms with Crippen molar-refractivity contribution < 1.29 is 28.8 Å². The van der Waals surface area contributed by atoms with Gasteiger partial charge < -0.3 is 20.4 Å². The number of hydrogen-bond donors (Lipinski definition) is 4. The predicted octanol–water partition coefficient (Wildman–Crippen LogP) is 3.71. The molecule has 2 aromatic carbocycles. The fraction of sp³-hybridized carbons (Fsp3) is 0.333. The van der Waals surface area contributed by atoms with E-state index in [-0.39, 0.29) is 11.5 Å². The van der Waals surface area contributed by atoms with Gasteiger partial charge in [0.25, 0.3) is 11.9 Å². The summed E-state index contributed by atoms with van der Waals surface area (Å²) in [5.74, 6) is -5.12. The van der Waals surface area contributed by atoms with Gasteiger partial charge in [0, 0.05) is 33.9 Å². The molecule has 0 heterocycles. The van der Waals surface area contributed by atoms with Gasteiger partial charge >= 0.3 is 0 Å². The fourth-order valence-electron chi connectivity index (χ4n) is 1.70. The first-order valence-electron chi connectivity index (χ1n) is 8.14. The van der Waals surface area contributed by atoms with E-state index in [9.17, 15) is 20.4 Å². The smallest absolute Gasteiger partial charge is 0.299 e. The third-order valence-corrected chi connectivity index (χ3v) is 7.15. The first-order valence-corrected chi connectivity index (χ1v) is 12.1. The maximum absolute atomic E-state index is 9.85. The second-order valence-electron chi connectivity index (χ2n) is 5.97. The molecule has 0 saturated heterocycles. The summed E-state index contributed by atoms with van der Waals surface area (Å²) in [4.78, 5) is 1.48. The Morgan fingerprint density at radius 2 is 0.964 bits per heavy atom. The molecule has 0 fully saturated rings. The van der Waals surface area contributed by atoms with Crippen LogP contribution in [-0.2, 0) is 8.37 Å². The Labute approximate surface area is 180 Å². The van der Waals surface area contributed by atoms with E-state index in [2.05, 4.69) is 0 Å². The molecule has 0 spiro atoms. The van der Waals surface area contributed by atoms with Gasteiger partial charge in [0.15, 0.2) is 0 Å². The Balaban J connectivity index is 1.66. The largest absolute Gasteiger partial charge is 0.342 e. The zero-order valence-corrected chi connectivity index (χ0v) is 18.5. The Morgan fingerprint density at radius 3 is 1.29 bits per heavy atom. The lowest BCUT2D eigenvalue weighted by atomic mass is 10.2. The van der Waals surface area contributed by atoms with Crippen LogP contribution in [0.25, 0.3) is 0 Å². The maximum Gasteiger partial charge on any atom is 0.299 e. The minimum absolute atomic E-state index is 0.197. The van der Waals surface area contributed by atoms with E-state index >= 15 is 0 Å². The SMILES string of the molecule is Cc1ccc(SOC(O)(O)CSSCC(O)(O)OSc2ccc(C)cc2)cc1. The van der Waals surface area contributed by atoms with Gasteiger partial charge in [-0.05, 0) is 38.1 Å². The minimum atomic E-state index is -2.36. The number of benzene rings is 2. The van der Waals surface area contributed by atoms with Crippen LogP contribution in [0, 0.1) is 13.8 Å². The number of aryl methyl sites for hydroxylation is 2. The quantitative estimate of drug-likeness (QED) is 0.171. The molecule has 0 aliphatic rings. The number of rotatable bonds is 11. The average Bonchev–Trinajstić information content (AvgIpc) is 2.65. The second kappa shape index (κ2) is 11.1. The van der Waals surface area contributed by atoms with Gasteiger partial charge in [0.1, 0.15) is 0 Å². The summed E-state index contributed by atoms with van der Waals surface area (Å²) in [6, 6.07) is 14.8. The first kappa shape index (κ1) is 23.9. The Kier molecular flexibility index (Phi) is 9.48. The molecule has 0 aromatic heterocycles. The third kappa shape index (κ3) is 9.40. The van der Waals surface area contributed by atoms with E-state index in [0.29, 0.717) is 0 Å². The van der Waals surface area contributed by atoms with E-state index in [4.69, 9.17) is 8.37 Å². The minimum Gasteiger partial charge on any atom is -0.342 e. The number of hydrogen-bond acceptors (Lipinski definition) is 10. The molecule has 0 bridgehead atoms. The number of aliphatic hydroxyl groups is 4. The Hall–Kier alpha value is -0.400. The highest BCUT2D eigenvalue weighted by molar-refractivity contribution is 8.76. The van der Waals surface area contributed by atoms with Crippen molar-refractivity contribution in [2.45, 2.75) is 35.6 Å². The molecule has 0 radical (unpaired) electrons. The van der Waals surface area contributed by atoms with Crippen molar-refractivity contribution in [1.29, 1.82) is 0 Å². The molecule has 2 rings (SSSR count). The van der Waals surface area contributed by atoms with Crippen molar-refractivity contribution in [3.63, 3.8) is 0 Å². The van der Waals surface area contributed by atoms with Gasteiger partial charge in [-0.3, -0.25) is 8.37 Å². The summed E-state index contributed by atoms with van der Waals surface area (Å²) < 4.78 is 10.1. The molecule has 6 nitrogen and oxygen atoms in total. The molecule has 0 amide bonds. The van der Waals surface area contributed by atoms with Gasteiger partial charge in [-0.15, -0.1) is 0 Å². The van der Waals surface area contributed by atoms with E-state index in [1.54, 1.807) is 0 Å². The molecule has 0 saturated carbocycles. The monoisotopic (exact) mass is 462 g/mol. The van der Waals surface area contributed by atoms with Crippen LogP contribution < -0.4 is 0 Å². The summed E-state index contributed by atoms with van der Waals surface area (Å²) >= 11 is 1.71. The van der Waals surface area contributed by atoms with E-state index in [0.717, 1.165) is 66.6 Å². The van der Waals surface area contributed by atoms with Crippen LogP contribution in [0.5, 0.6) is 0 Å². The third-order valence-electron chi connectivity index (χ3n) is 3.16. The van der Waals surface area contributed by atoms with Crippen LogP contribution in [0.3, 0.4) is 0 Å². The average molecular weight is 463 g/mol. The molecule has 0 atom stereocenters. The summed E-state index contributed by atoms with van der Waals surface area (Å²) in [5, 5.41) is 39.4. The molecule has 0 unspecified atom stereocenters. The summed E-state index contributed by atoms with van der Waals surface area (Å²) in [7, 11) is 2.03. The fourth-order valence-corrected chi connectivity index (χ4v) is 4.94. The second-order valence-corrected chi connectivity index (χ2v) is 10.0. The lowest BCUT2D eigenvalue weighted by molar-refractivity contribution is -0.267. The van der Waals surface area contributed by atoms with Gasteiger partial charge in [-0.2, -0.15) is 0 Å². The van der Waals surface area contributed by atoms with Gasteiger partial charge in [-0.25, -0.2) is 0 Å². The van der Waals surface area contributed by atoms with Crippen LogP contribution in [-0.4, -0.2) is 43.9 Å². The van der Waals surface area contributed by atoms with Crippen LogP contribution in [0.15, 0.2) is 58.3 Å². The zero-order valence-electron chi connectivity index (χ0n) is 15.3. The van der Waals surface area contributed by atoms with Gasteiger partial charge in [-0.1, -0.05) is 57.0 Å². The molecule has 2 aromatic rings. The molecular weight excluding hydrogens is 440 g/mol. The van der Waals surface area contributed by atoms with E-state index in [1.165, 1.54) is 0 Å². The molecule has 4 N–H and O–H groups in total. The molecule has 0 aliphatic carbocycles. The van der Waals surface area contributed by atoms with Gasteiger partial charge in [0.05, 0.1) is 11.5 Å². The highest BCUT2D eigenvalue weighted by Crippen LogP contribution is 2.33. The topological polar surface area (TPSA) is 99.4 Å². The van der Waals surface area contributed by atoms with Gasteiger partial charge in [0.2, 0.25) is 0 Å². The molecular formula is C18H22O6S4. The van der Waals surface area contributed by atoms with Crippen LogP contribution in [0.4, 0.5) is 0 Å². The van der Waals surface area contributed by atoms with E-state index in [1.807, 2.05) is 62.4 Å². The van der Waals surface area contributed by atoms with Crippen LogP contribution in [0.2, 0.25) is 0 Å². The van der Waals surface area contributed by atoms with Crippen LogP contribution >= 0.6 is 45.7 Å². The zero-order chi connectivity index (χ0) is 20.6. The van der Waals surface area contributed by atoms with Crippen molar-refractivity contribution in [3.8, 4) is 0 Å². The summed E-state index contributed by atoms with van der Waals surface area (Å²) in [5.41, 5.74) is 2.18. The molecule has 0 aliphatic heterocycles. The van der Waals surface area contributed by atoms with Crippen LogP contribution in [0.1, 0.15) is 11.1 Å². The van der Waals surface area contributed by atoms with Crippen molar-refractivity contribution in [2.75, 3.05) is 11.5 Å². The highest BCUT2D eigenvalue weighted by atomic mass is 33.1. The molecule has 154 valence electrons. The lowest BCUT2D eigenvalue weighted by Gasteiger charge is -2.22. The summed E-state index contributed by atoms with van der Waals surface area (Å²) in [6.07, 6.45) is 0. The standard InChI is InChI=1S/C18H22O6S4/c1-13-3-7-15(8-4-13)27-23-17(19,20)11-25-26-12-18(21,22)24-28-16-9-5-14(2)6-10-16/h3-10,19-22H,11-12H2,1-2H3. The van der Waals surface area contributed by atoms with Crippen molar-refractivity contribution in [1.82, 2.24) is 0 Å². The normalized spacial score (nSPS) is 12.4. The predicted molar refractivity (Wildman–Crippen MR) is 115 cm³/mol. The van der Waals surface area contributed by atoms with Crippen molar-refractivity contribution >= 4 is 45.7 Å². The van der Waals surface area contributed by atoms with E-state index < -0.39 is 11.9 Å². The van der Waals surface area contributed by atoms with Crippen molar-refractivity contribution in [3.05, 3.63) is 59.7 Å². The van der Waals surface area contributed by atoms with Crippen molar-refractivity contribution in [2.24, 2.45) is 0 Å². The molecule has 28 heavy (non-hydrogen) atoms. The Bertz CT molecular complexity index is 658. The highest BCUT2D eigenvalue weighted by Gasteiger charge is 2.29. The maximum atomic E-state index is 9.85.